The van der Waals surface area contributed by atoms with Crippen molar-refractivity contribution in [3.05, 3.63) is 17.5 Å². The summed E-state index contributed by atoms with van der Waals surface area (Å²) in [7, 11) is 0. The Balaban J connectivity index is 2.17. The number of nitrogens with zero attached hydrogens (tertiary/aromatic N) is 1. The third-order valence-electron chi connectivity index (χ3n) is 2.80. The number of aromatic amines is 1. The summed E-state index contributed by atoms with van der Waals surface area (Å²) < 4.78 is 0. The van der Waals surface area contributed by atoms with Crippen molar-refractivity contribution in [1.29, 1.82) is 0 Å². The second-order valence-electron chi connectivity index (χ2n) is 4.56. The Morgan fingerprint density at radius 3 is 2.62 bits per heavy atom. The van der Waals surface area contributed by atoms with Crippen molar-refractivity contribution in [2.75, 3.05) is 0 Å². The molecule has 1 aromatic heterocycles. The highest BCUT2D eigenvalue weighted by Crippen LogP contribution is 2.35. The van der Waals surface area contributed by atoms with Crippen molar-refractivity contribution in [2.45, 2.75) is 44.6 Å². The molecule has 3 heteroatoms. The van der Waals surface area contributed by atoms with Gasteiger partial charge in [-0.15, -0.1) is 0 Å². The fraction of sp³-hybridized carbons (Fsp3) is 0.700. The minimum absolute atomic E-state index is 0.321. The molecule has 1 aliphatic rings. The van der Waals surface area contributed by atoms with Gasteiger partial charge >= 0.3 is 0 Å². The van der Waals surface area contributed by atoms with Gasteiger partial charge in [-0.05, 0) is 32.8 Å². The molecule has 0 aromatic carbocycles. The van der Waals surface area contributed by atoms with E-state index in [1.807, 2.05) is 13.8 Å². The summed E-state index contributed by atoms with van der Waals surface area (Å²) in [4.78, 5) is 0. The zero-order valence-electron chi connectivity index (χ0n) is 8.30. The summed E-state index contributed by atoms with van der Waals surface area (Å²) in [6, 6.07) is 2.11. The lowest BCUT2D eigenvalue weighted by atomic mass is 9.82. The molecule has 1 fully saturated rings. The number of hydrogen-bond donors (Lipinski definition) is 2. The Morgan fingerprint density at radius 1 is 1.54 bits per heavy atom. The maximum atomic E-state index is 5.95. The molecule has 13 heavy (non-hydrogen) atoms. The summed E-state index contributed by atoms with van der Waals surface area (Å²) in [5.74, 6) is 0.712. The lowest BCUT2D eigenvalue weighted by molar-refractivity contribution is 0.410. The van der Waals surface area contributed by atoms with E-state index in [0.717, 1.165) is 5.69 Å². The first-order chi connectivity index (χ1) is 6.07. The number of nitrogens with two attached hydrogens (primary N) is 1. The molecule has 0 spiro atoms. The molecule has 0 atom stereocenters. The van der Waals surface area contributed by atoms with Crippen LogP contribution in [0, 0.1) is 0 Å². The van der Waals surface area contributed by atoms with Gasteiger partial charge in [-0.3, -0.25) is 5.10 Å². The van der Waals surface area contributed by atoms with Crippen LogP contribution in [-0.4, -0.2) is 10.2 Å². The molecule has 0 bridgehead atoms. The first-order valence-corrected chi connectivity index (χ1v) is 4.92. The Morgan fingerprint density at radius 2 is 2.23 bits per heavy atom. The van der Waals surface area contributed by atoms with E-state index in [1.54, 1.807) is 0 Å². The number of hydrogen-bond acceptors (Lipinski definition) is 2. The SMILES string of the molecule is CC(C)(N)c1cc(C2CCC2)[nH]n1. The van der Waals surface area contributed by atoms with Crippen molar-refractivity contribution in [3.8, 4) is 0 Å². The van der Waals surface area contributed by atoms with E-state index in [9.17, 15) is 0 Å². The monoisotopic (exact) mass is 179 g/mol. The first-order valence-electron chi connectivity index (χ1n) is 4.92. The summed E-state index contributed by atoms with van der Waals surface area (Å²) in [6.45, 7) is 3.96. The number of H-pyrrole nitrogens is 1. The minimum atomic E-state index is -0.321. The average Bonchev–Trinajstić information content (AvgIpc) is 2.29. The van der Waals surface area contributed by atoms with Crippen LogP contribution >= 0.6 is 0 Å². The van der Waals surface area contributed by atoms with Crippen LogP contribution in [-0.2, 0) is 5.54 Å². The van der Waals surface area contributed by atoms with E-state index in [-0.39, 0.29) is 5.54 Å². The van der Waals surface area contributed by atoms with Crippen molar-refractivity contribution in [2.24, 2.45) is 5.73 Å². The molecule has 2 rings (SSSR count). The molecule has 3 nitrogen and oxygen atoms in total. The van der Waals surface area contributed by atoms with Gasteiger partial charge in [0.2, 0.25) is 0 Å². The Kier molecular flexibility index (Phi) is 1.91. The van der Waals surface area contributed by atoms with Crippen LogP contribution in [0.15, 0.2) is 6.07 Å². The normalized spacial score (nSPS) is 18.7. The lowest BCUT2D eigenvalue weighted by Crippen LogP contribution is -2.29. The molecule has 0 unspecified atom stereocenters. The number of rotatable bonds is 2. The lowest BCUT2D eigenvalue weighted by Gasteiger charge is -2.23. The Bertz CT molecular complexity index is 291. The van der Waals surface area contributed by atoms with E-state index in [0.29, 0.717) is 5.92 Å². The van der Waals surface area contributed by atoms with Crippen LogP contribution in [0.25, 0.3) is 0 Å². The molecule has 72 valence electrons. The van der Waals surface area contributed by atoms with Gasteiger partial charge in [0.05, 0.1) is 11.2 Å². The van der Waals surface area contributed by atoms with E-state index in [4.69, 9.17) is 5.73 Å². The third-order valence-corrected chi connectivity index (χ3v) is 2.80. The zero-order valence-corrected chi connectivity index (χ0v) is 8.30. The quantitative estimate of drug-likeness (QED) is 0.728. The van der Waals surface area contributed by atoms with Crippen LogP contribution in [0.2, 0.25) is 0 Å². The van der Waals surface area contributed by atoms with Gasteiger partial charge in [-0.25, -0.2) is 0 Å². The van der Waals surface area contributed by atoms with E-state index in [2.05, 4.69) is 16.3 Å². The molecular weight excluding hydrogens is 162 g/mol. The average molecular weight is 179 g/mol. The van der Waals surface area contributed by atoms with E-state index < -0.39 is 0 Å². The summed E-state index contributed by atoms with van der Waals surface area (Å²) >= 11 is 0. The number of nitrogens with one attached hydrogen (secondary N) is 1. The summed E-state index contributed by atoms with van der Waals surface area (Å²) in [5.41, 5.74) is 7.86. The second kappa shape index (κ2) is 2.84. The van der Waals surface area contributed by atoms with Gasteiger partial charge in [-0.1, -0.05) is 6.42 Å². The largest absolute Gasteiger partial charge is 0.321 e. The molecule has 1 aliphatic carbocycles. The van der Waals surface area contributed by atoms with Gasteiger partial charge in [0, 0.05) is 11.6 Å². The van der Waals surface area contributed by atoms with Gasteiger partial charge in [0.15, 0.2) is 0 Å². The van der Waals surface area contributed by atoms with Crippen LogP contribution in [0.1, 0.15) is 50.4 Å². The van der Waals surface area contributed by atoms with Crippen molar-refractivity contribution in [1.82, 2.24) is 10.2 Å². The maximum Gasteiger partial charge on any atom is 0.0817 e. The predicted molar refractivity (Wildman–Crippen MR) is 52.4 cm³/mol. The van der Waals surface area contributed by atoms with Crippen LogP contribution < -0.4 is 5.73 Å². The smallest absolute Gasteiger partial charge is 0.0817 e. The Hall–Kier alpha value is -0.830. The summed E-state index contributed by atoms with van der Waals surface area (Å²) in [5, 5.41) is 7.32. The third kappa shape index (κ3) is 1.61. The van der Waals surface area contributed by atoms with Gasteiger partial charge < -0.3 is 5.73 Å². The first kappa shape index (κ1) is 8.75. The molecule has 0 radical (unpaired) electrons. The zero-order chi connectivity index (χ0) is 9.47. The Labute approximate surface area is 78.7 Å². The molecule has 1 saturated carbocycles. The fourth-order valence-corrected chi connectivity index (χ4v) is 1.60. The highest BCUT2D eigenvalue weighted by molar-refractivity contribution is 5.19. The predicted octanol–water partition coefficient (Wildman–Crippen LogP) is 1.87. The van der Waals surface area contributed by atoms with Crippen LogP contribution in [0.5, 0.6) is 0 Å². The maximum absolute atomic E-state index is 5.95. The van der Waals surface area contributed by atoms with Crippen molar-refractivity contribution < 1.29 is 0 Å². The standard InChI is InChI=1S/C10H17N3/c1-10(2,11)9-6-8(12-13-9)7-4-3-5-7/h6-7H,3-5,11H2,1-2H3,(H,12,13). The van der Waals surface area contributed by atoms with E-state index >= 15 is 0 Å². The molecular formula is C10H17N3. The fourth-order valence-electron chi connectivity index (χ4n) is 1.60. The number of aromatic nitrogens is 2. The van der Waals surface area contributed by atoms with Gasteiger partial charge in [0.25, 0.3) is 0 Å². The van der Waals surface area contributed by atoms with Gasteiger partial charge in [-0.2, -0.15) is 5.10 Å². The molecule has 0 aliphatic heterocycles. The molecule has 0 saturated heterocycles. The van der Waals surface area contributed by atoms with Crippen molar-refractivity contribution >= 4 is 0 Å². The van der Waals surface area contributed by atoms with E-state index in [1.165, 1.54) is 25.0 Å². The molecule has 3 N–H and O–H groups in total. The van der Waals surface area contributed by atoms with Crippen LogP contribution in [0.3, 0.4) is 0 Å². The topological polar surface area (TPSA) is 54.7 Å². The molecule has 0 amide bonds. The minimum Gasteiger partial charge on any atom is -0.321 e. The van der Waals surface area contributed by atoms with Gasteiger partial charge in [0.1, 0.15) is 0 Å². The molecule has 1 aromatic rings. The summed E-state index contributed by atoms with van der Waals surface area (Å²) in [6.07, 6.45) is 3.95. The van der Waals surface area contributed by atoms with Crippen molar-refractivity contribution in [3.63, 3.8) is 0 Å². The second-order valence-corrected chi connectivity index (χ2v) is 4.56. The highest BCUT2D eigenvalue weighted by Gasteiger charge is 2.24. The molecule has 1 heterocycles. The highest BCUT2D eigenvalue weighted by atomic mass is 15.1. The van der Waals surface area contributed by atoms with Crippen LogP contribution in [0.4, 0.5) is 0 Å².